The number of benzene rings is 1. The van der Waals surface area contributed by atoms with E-state index in [-0.39, 0.29) is 24.8 Å². The Labute approximate surface area is 121 Å². The van der Waals surface area contributed by atoms with E-state index in [9.17, 15) is 23.1 Å². The van der Waals surface area contributed by atoms with Gasteiger partial charge in [0.1, 0.15) is 0 Å². The molecule has 1 aliphatic heterocycles. The number of β-amino-alcohol motifs (C(OH)–C–C–N with tert-alkyl or cyclic N) is 1. The lowest BCUT2D eigenvalue weighted by Gasteiger charge is -2.20. The highest BCUT2D eigenvalue weighted by Crippen LogP contribution is 2.30. The second-order valence-corrected chi connectivity index (χ2v) is 5.90. The van der Waals surface area contributed by atoms with Gasteiger partial charge in [-0.15, -0.1) is 0 Å². The quantitative estimate of drug-likeness (QED) is 0.911. The molecule has 6 heteroatoms. The van der Waals surface area contributed by atoms with Crippen LogP contribution in [-0.4, -0.2) is 34.6 Å². The fourth-order valence-corrected chi connectivity index (χ4v) is 2.42. The van der Waals surface area contributed by atoms with Crippen LogP contribution in [0.2, 0.25) is 0 Å². The second kappa shape index (κ2) is 5.33. The van der Waals surface area contributed by atoms with Crippen LogP contribution in [0.1, 0.15) is 25.0 Å². The topological polar surface area (TPSA) is 40.5 Å². The summed E-state index contributed by atoms with van der Waals surface area (Å²) in [6, 6.07) is 4.59. The van der Waals surface area contributed by atoms with Gasteiger partial charge in [0.05, 0.1) is 17.6 Å². The Morgan fingerprint density at radius 2 is 1.95 bits per heavy atom. The highest BCUT2D eigenvalue weighted by atomic mass is 19.4. The predicted octanol–water partition coefficient (Wildman–Crippen LogP) is 2.48. The lowest BCUT2D eigenvalue weighted by Crippen LogP contribution is -2.35. The lowest BCUT2D eigenvalue weighted by molar-refractivity contribution is -0.137. The average molecular weight is 301 g/mol. The molecule has 3 nitrogen and oxygen atoms in total. The molecule has 1 amide bonds. The van der Waals surface area contributed by atoms with Crippen LogP contribution in [0.4, 0.5) is 13.2 Å². The maximum Gasteiger partial charge on any atom is 0.416 e. The zero-order valence-electron chi connectivity index (χ0n) is 11.9. The number of amides is 1. The summed E-state index contributed by atoms with van der Waals surface area (Å²) in [5.74, 6) is -0.201. The molecule has 1 aromatic rings. The highest BCUT2D eigenvalue weighted by molar-refractivity contribution is 5.79. The Hall–Kier alpha value is -1.56. The van der Waals surface area contributed by atoms with Gasteiger partial charge in [-0.1, -0.05) is 19.1 Å². The molecule has 0 aliphatic carbocycles. The number of likely N-dealkylation sites (tertiary alicyclic amines) is 1. The van der Waals surface area contributed by atoms with Gasteiger partial charge >= 0.3 is 6.18 Å². The Balaban J connectivity index is 2.01. The first kappa shape index (κ1) is 15.8. The first-order valence-corrected chi connectivity index (χ1v) is 6.76. The molecule has 0 unspecified atom stereocenters. The maximum atomic E-state index is 12.5. The van der Waals surface area contributed by atoms with E-state index in [1.54, 1.807) is 11.8 Å². The largest absolute Gasteiger partial charge is 0.416 e. The van der Waals surface area contributed by atoms with Crippen LogP contribution in [0.15, 0.2) is 24.3 Å². The smallest absolute Gasteiger partial charge is 0.388 e. The molecule has 0 radical (unpaired) electrons. The third kappa shape index (κ3) is 3.56. The van der Waals surface area contributed by atoms with Gasteiger partial charge in [-0.05, 0) is 24.6 Å². The number of nitrogens with zero attached hydrogens (tertiary/aromatic N) is 1. The van der Waals surface area contributed by atoms with Crippen LogP contribution < -0.4 is 0 Å². The molecule has 0 spiro atoms. The van der Waals surface area contributed by atoms with Crippen molar-refractivity contribution in [3.63, 3.8) is 0 Å². The minimum absolute atomic E-state index is 0.0194. The van der Waals surface area contributed by atoms with Crippen molar-refractivity contribution in [3.05, 3.63) is 35.4 Å². The third-order valence-electron chi connectivity index (χ3n) is 4.06. The van der Waals surface area contributed by atoms with Crippen LogP contribution in [0.25, 0.3) is 0 Å². The molecule has 1 N–H and O–H groups in total. The summed E-state index contributed by atoms with van der Waals surface area (Å²) in [6.07, 6.45) is -4.33. The highest BCUT2D eigenvalue weighted by Gasteiger charge is 2.40. The third-order valence-corrected chi connectivity index (χ3v) is 4.06. The summed E-state index contributed by atoms with van der Waals surface area (Å²) in [7, 11) is 0. The molecule has 116 valence electrons. The summed E-state index contributed by atoms with van der Waals surface area (Å²) >= 11 is 0. The average Bonchev–Trinajstić information content (AvgIpc) is 2.63. The summed E-state index contributed by atoms with van der Waals surface area (Å²) < 4.78 is 37.4. The number of hydrogen-bond acceptors (Lipinski definition) is 2. The molecule has 1 fully saturated rings. The van der Waals surface area contributed by atoms with E-state index >= 15 is 0 Å². The van der Waals surface area contributed by atoms with Gasteiger partial charge in [-0.25, -0.2) is 0 Å². The number of aliphatic hydroxyl groups is 1. The summed E-state index contributed by atoms with van der Waals surface area (Å²) in [6.45, 7) is 4.27. The van der Waals surface area contributed by atoms with Crippen LogP contribution in [0.3, 0.4) is 0 Å². The molecule has 1 aliphatic rings. The Morgan fingerprint density at radius 3 is 2.38 bits per heavy atom. The van der Waals surface area contributed by atoms with Gasteiger partial charge in [0.15, 0.2) is 0 Å². The number of halogens is 3. The molecule has 1 aromatic carbocycles. The van der Waals surface area contributed by atoms with Gasteiger partial charge in [0.25, 0.3) is 0 Å². The number of carbonyl (C=O) groups excluding carboxylic acids is 1. The van der Waals surface area contributed by atoms with Gasteiger partial charge in [-0.2, -0.15) is 13.2 Å². The number of hydrogen-bond donors (Lipinski definition) is 1. The van der Waals surface area contributed by atoms with Crippen molar-refractivity contribution in [3.8, 4) is 0 Å². The van der Waals surface area contributed by atoms with Crippen molar-refractivity contribution < 1.29 is 23.1 Å². The molecular weight excluding hydrogens is 283 g/mol. The standard InChI is InChI=1S/C15H18F3NO2/c1-10-8-19(9-14(10,2)21)13(20)7-11-3-5-12(6-4-11)15(16,17)18/h3-6,10,21H,7-9H2,1-2H3/t10-,14+/m1/s1. The van der Waals surface area contributed by atoms with E-state index < -0.39 is 17.3 Å². The monoisotopic (exact) mass is 301 g/mol. The SMILES string of the molecule is C[C@@H]1CN(C(=O)Cc2ccc(C(F)(F)F)cc2)C[C@]1(C)O. The normalized spacial score (nSPS) is 26.2. The first-order chi connectivity index (χ1) is 9.59. The van der Waals surface area contributed by atoms with Crippen molar-refractivity contribution in [2.45, 2.75) is 32.0 Å². The molecule has 2 atom stereocenters. The lowest BCUT2D eigenvalue weighted by atomic mass is 9.95. The molecular formula is C15H18F3NO2. The number of rotatable bonds is 2. The summed E-state index contributed by atoms with van der Waals surface area (Å²) in [4.78, 5) is 13.7. The number of alkyl halides is 3. The van der Waals surface area contributed by atoms with Crippen molar-refractivity contribution in [2.75, 3.05) is 13.1 Å². The molecule has 2 rings (SSSR count). The molecule has 1 heterocycles. The van der Waals surface area contributed by atoms with Crippen LogP contribution >= 0.6 is 0 Å². The minimum Gasteiger partial charge on any atom is -0.388 e. The van der Waals surface area contributed by atoms with Gasteiger partial charge in [0, 0.05) is 19.0 Å². The predicted molar refractivity (Wildman–Crippen MR) is 71.5 cm³/mol. The van der Waals surface area contributed by atoms with Crippen molar-refractivity contribution in [1.82, 2.24) is 4.90 Å². The van der Waals surface area contributed by atoms with E-state index in [1.165, 1.54) is 12.1 Å². The van der Waals surface area contributed by atoms with E-state index in [4.69, 9.17) is 0 Å². The summed E-state index contributed by atoms with van der Waals surface area (Å²) in [5.41, 5.74) is -1.10. The van der Waals surface area contributed by atoms with E-state index in [2.05, 4.69) is 0 Å². The fraction of sp³-hybridized carbons (Fsp3) is 0.533. The zero-order valence-corrected chi connectivity index (χ0v) is 11.9. The van der Waals surface area contributed by atoms with Gasteiger partial charge < -0.3 is 10.0 Å². The zero-order chi connectivity index (χ0) is 15.8. The van der Waals surface area contributed by atoms with Crippen LogP contribution in [0.5, 0.6) is 0 Å². The van der Waals surface area contributed by atoms with Crippen molar-refractivity contribution in [2.24, 2.45) is 5.92 Å². The second-order valence-electron chi connectivity index (χ2n) is 5.90. The molecule has 0 saturated carbocycles. The van der Waals surface area contributed by atoms with Crippen molar-refractivity contribution >= 4 is 5.91 Å². The Bertz CT molecular complexity index is 523. The minimum atomic E-state index is -4.37. The molecule has 0 bridgehead atoms. The first-order valence-electron chi connectivity index (χ1n) is 6.76. The van der Waals surface area contributed by atoms with Crippen molar-refractivity contribution in [1.29, 1.82) is 0 Å². The fourth-order valence-electron chi connectivity index (χ4n) is 2.42. The Kier molecular flexibility index (Phi) is 4.02. The number of carbonyl (C=O) groups is 1. The molecule has 1 saturated heterocycles. The van der Waals surface area contributed by atoms with Gasteiger partial charge in [0.2, 0.25) is 5.91 Å². The van der Waals surface area contributed by atoms with Gasteiger partial charge in [-0.3, -0.25) is 4.79 Å². The maximum absolute atomic E-state index is 12.5. The van der Waals surface area contributed by atoms with E-state index in [0.29, 0.717) is 12.1 Å². The van der Waals surface area contributed by atoms with E-state index in [0.717, 1.165) is 12.1 Å². The summed E-state index contributed by atoms with van der Waals surface area (Å²) in [5, 5.41) is 10.1. The molecule has 21 heavy (non-hydrogen) atoms. The van der Waals surface area contributed by atoms with E-state index in [1.807, 2.05) is 6.92 Å². The van der Waals surface area contributed by atoms with Crippen LogP contribution in [0, 0.1) is 5.92 Å². The Morgan fingerprint density at radius 1 is 1.38 bits per heavy atom. The van der Waals surface area contributed by atoms with Crippen LogP contribution in [-0.2, 0) is 17.4 Å². The molecule has 0 aromatic heterocycles.